The SMILES string of the molecule is CCOc1cncc(C=O)c1OC. The van der Waals surface area contributed by atoms with Gasteiger partial charge >= 0.3 is 0 Å². The Bertz CT molecular complexity index is 299. The van der Waals surface area contributed by atoms with Crippen LogP contribution in [0.15, 0.2) is 12.4 Å². The lowest BCUT2D eigenvalue weighted by atomic mass is 10.2. The Labute approximate surface area is 76.5 Å². The standard InChI is InChI=1S/C9H11NO3/c1-3-13-8-5-10-4-7(6-11)9(8)12-2/h4-6H,3H2,1-2H3. The molecule has 4 heteroatoms. The van der Waals surface area contributed by atoms with Gasteiger partial charge < -0.3 is 9.47 Å². The number of hydrogen-bond acceptors (Lipinski definition) is 4. The normalized spacial score (nSPS) is 9.38. The predicted octanol–water partition coefficient (Wildman–Crippen LogP) is 1.30. The van der Waals surface area contributed by atoms with Gasteiger partial charge in [-0.2, -0.15) is 0 Å². The molecule has 0 aliphatic carbocycles. The molecule has 0 atom stereocenters. The van der Waals surface area contributed by atoms with Gasteiger partial charge in [0.2, 0.25) is 0 Å². The molecule has 0 amide bonds. The second-order valence-electron chi connectivity index (χ2n) is 2.31. The van der Waals surface area contributed by atoms with E-state index in [1.165, 1.54) is 19.5 Å². The maximum absolute atomic E-state index is 10.6. The monoisotopic (exact) mass is 181 g/mol. The molecule has 0 unspecified atom stereocenters. The fraction of sp³-hybridized carbons (Fsp3) is 0.333. The fourth-order valence-corrected chi connectivity index (χ4v) is 1.01. The molecule has 13 heavy (non-hydrogen) atoms. The number of hydrogen-bond donors (Lipinski definition) is 0. The number of carbonyl (C=O) groups excluding carboxylic acids is 1. The molecule has 0 saturated carbocycles. The molecule has 0 N–H and O–H groups in total. The summed E-state index contributed by atoms with van der Waals surface area (Å²) in [5, 5.41) is 0. The van der Waals surface area contributed by atoms with Crippen molar-refractivity contribution in [3.8, 4) is 11.5 Å². The highest BCUT2D eigenvalue weighted by Gasteiger charge is 2.09. The van der Waals surface area contributed by atoms with E-state index < -0.39 is 0 Å². The molecular weight excluding hydrogens is 170 g/mol. The first-order valence-electron chi connectivity index (χ1n) is 3.93. The summed E-state index contributed by atoms with van der Waals surface area (Å²) < 4.78 is 10.2. The van der Waals surface area contributed by atoms with Crippen LogP contribution in [-0.2, 0) is 0 Å². The summed E-state index contributed by atoms with van der Waals surface area (Å²) in [6, 6.07) is 0. The first-order chi connectivity index (χ1) is 6.33. The maximum atomic E-state index is 10.6. The van der Waals surface area contributed by atoms with Gasteiger partial charge in [-0.05, 0) is 6.92 Å². The van der Waals surface area contributed by atoms with E-state index in [1.54, 1.807) is 0 Å². The average molecular weight is 181 g/mol. The van der Waals surface area contributed by atoms with Crippen molar-refractivity contribution in [2.45, 2.75) is 6.92 Å². The van der Waals surface area contributed by atoms with E-state index >= 15 is 0 Å². The fourth-order valence-electron chi connectivity index (χ4n) is 1.01. The third-order valence-corrected chi connectivity index (χ3v) is 1.52. The number of ether oxygens (including phenoxy) is 2. The quantitative estimate of drug-likeness (QED) is 0.657. The van der Waals surface area contributed by atoms with E-state index in [2.05, 4.69) is 4.98 Å². The summed E-state index contributed by atoms with van der Waals surface area (Å²) in [7, 11) is 1.49. The van der Waals surface area contributed by atoms with E-state index in [9.17, 15) is 4.79 Å². The van der Waals surface area contributed by atoms with Crippen LogP contribution < -0.4 is 9.47 Å². The second-order valence-corrected chi connectivity index (χ2v) is 2.31. The third-order valence-electron chi connectivity index (χ3n) is 1.52. The molecule has 4 nitrogen and oxygen atoms in total. The van der Waals surface area contributed by atoms with Gasteiger partial charge in [-0.25, -0.2) is 0 Å². The van der Waals surface area contributed by atoms with Gasteiger partial charge in [0.25, 0.3) is 0 Å². The number of aldehydes is 1. The molecule has 1 aromatic rings. The minimum absolute atomic E-state index is 0.397. The maximum Gasteiger partial charge on any atom is 0.180 e. The summed E-state index contributed by atoms with van der Waals surface area (Å²) in [5.74, 6) is 0.932. The summed E-state index contributed by atoms with van der Waals surface area (Å²) in [6.45, 7) is 2.37. The van der Waals surface area contributed by atoms with E-state index in [4.69, 9.17) is 9.47 Å². The van der Waals surface area contributed by atoms with Crippen LogP contribution in [0.25, 0.3) is 0 Å². The van der Waals surface area contributed by atoms with E-state index in [-0.39, 0.29) is 0 Å². The molecular formula is C9H11NO3. The van der Waals surface area contributed by atoms with Crippen molar-refractivity contribution in [3.63, 3.8) is 0 Å². The lowest BCUT2D eigenvalue weighted by molar-refractivity contribution is 0.111. The molecule has 0 spiro atoms. The zero-order chi connectivity index (χ0) is 9.68. The number of pyridine rings is 1. The Hall–Kier alpha value is -1.58. The molecule has 0 saturated heterocycles. The van der Waals surface area contributed by atoms with Gasteiger partial charge in [-0.3, -0.25) is 9.78 Å². The molecule has 0 aliphatic heterocycles. The highest BCUT2D eigenvalue weighted by atomic mass is 16.5. The number of carbonyl (C=O) groups is 1. The minimum atomic E-state index is 0.397. The van der Waals surface area contributed by atoms with Crippen LogP contribution >= 0.6 is 0 Å². The van der Waals surface area contributed by atoms with Gasteiger partial charge in [0.1, 0.15) is 0 Å². The minimum Gasteiger partial charge on any atom is -0.492 e. The van der Waals surface area contributed by atoms with Crippen molar-refractivity contribution >= 4 is 6.29 Å². The Morgan fingerprint density at radius 2 is 2.31 bits per heavy atom. The van der Waals surface area contributed by atoms with Gasteiger partial charge in [0, 0.05) is 6.20 Å². The van der Waals surface area contributed by atoms with Gasteiger partial charge in [-0.1, -0.05) is 0 Å². The average Bonchev–Trinajstić information content (AvgIpc) is 2.18. The molecule has 0 radical (unpaired) electrons. The van der Waals surface area contributed by atoms with Crippen LogP contribution in [0.1, 0.15) is 17.3 Å². The first-order valence-corrected chi connectivity index (χ1v) is 3.93. The number of methoxy groups -OCH3 is 1. The van der Waals surface area contributed by atoms with Crippen LogP contribution in [-0.4, -0.2) is 25.0 Å². The van der Waals surface area contributed by atoms with Crippen molar-refractivity contribution in [2.24, 2.45) is 0 Å². The van der Waals surface area contributed by atoms with Crippen LogP contribution in [0, 0.1) is 0 Å². The van der Waals surface area contributed by atoms with Crippen LogP contribution in [0.3, 0.4) is 0 Å². The summed E-state index contributed by atoms with van der Waals surface area (Å²) in [4.78, 5) is 14.4. The van der Waals surface area contributed by atoms with Gasteiger partial charge in [-0.15, -0.1) is 0 Å². The van der Waals surface area contributed by atoms with E-state index in [1.807, 2.05) is 6.92 Å². The van der Waals surface area contributed by atoms with Crippen molar-refractivity contribution in [1.82, 2.24) is 4.98 Å². The molecule has 70 valence electrons. The third kappa shape index (κ3) is 1.96. The van der Waals surface area contributed by atoms with E-state index in [0.29, 0.717) is 30.0 Å². The molecule has 0 aliphatic rings. The molecule has 1 rings (SSSR count). The number of rotatable bonds is 4. The zero-order valence-electron chi connectivity index (χ0n) is 7.61. The lowest BCUT2D eigenvalue weighted by Crippen LogP contribution is -1.99. The van der Waals surface area contributed by atoms with Gasteiger partial charge in [0.05, 0.1) is 25.5 Å². The zero-order valence-corrected chi connectivity index (χ0v) is 7.61. The molecule has 1 heterocycles. The summed E-state index contributed by atoms with van der Waals surface area (Å²) in [5.41, 5.74) is 0.397. The smallest absolute Gasteiger partial charge is 0.180 e. The molecule has 1 aromatic heterocycles. The Balaban J connectivity index is 3.10. The van der Waals surface area contributed by atoms with Crippen LogP contribution in [0.2, 0.25) is 0 Å². The Morgan fingerprint density at radius 3 is 2.85 bits per heavy atom. The Morgan fingerprint density at radius 1 is 1.54 bits per heavy atom. The van der Waals surface area contributed by atoms with Gasteiger partial charge in [0.15, 0.2) is 17.8 Å². The summed E-state index contributed by atoms with van der Waals surface area (Å²) in [6.07, 6.45) is 3.65. The second kappa shape index (κ2) is 4.45. The first kappa shape index (κ1) is 9.51. The highest BCUT2D eigenvalue weighted by molar-refractivity contribution is 5.80. The molecule has 0 bridgehead atoms. The largest absolute Gasteiger partial charge is 0.492 e. The lowest BCUT2D eigenvalue weighted by Gasteiger charge is -2.09. The van der Waals surface area contributed by atoms with Crippen molar-refractivity contribution in [1.29, 1.82) is 0 Å². The molecule has 0 fully saturated rings. The highest BCUT2D eigenvalue weighted by Crippen LogP contribution is 2.28. The van der Waals surface area contributed by atoms with Crippen molar-refractivity contribution < 1.29 is 14.3 Å². The topological polar surface area (TPSA) is 48.4 Å². The number of nitrogens with zero attached hydrogens (tertiary/aromatic N) is 1. The van der Waals surface area contributed by atoms with Crippen molar-refractivity contribution in [3.05, 3.63) is 18.0 Å². The summed E-state index contributed by atoms with van der Waals surface area (Å²) >= 11 is 0. The van der Waals surface area contributed by atoms with Crippen molar-refractivity contribution in [2.75, 3.05) is 13.7 Å². The van der Waals surface area contributed by atoms with E-state index in [0.717, 1.165) is 0 Å². The Kier molecular flexibility index (Phi) is 3.25. The van der Waals surface area contributed by atoms with Crippen LogP contribution in [0.4, 0.5) is 0 Å². The van der Waals surface area contributed by atoms with Crippen LogP contribution in [0.5, 0.6) is 11.5 Å². The predicted molar refractivity (Wildman–Crippen MR) is 47.3 cm³/mol. The molecule has 0 aromatic carbocycles. The number of aromatic nitrogens is 1.